The molecule has 1 aliphatic heterocycles. The van der Waals surface area contributed by atoms with Gasteiger partial charge in [0.25, 0.3) is 0 Å². The molecule has 4 heteroatoms. The van der Waals surface area contributed by atoms with Gasteiger partial charge >= 0.3 is 0 Å². The number of morpholine rings is 1. The molecule has 3 unspecified atom stereocenters. The van der Waals surface area contributed by atoms with Gasteiger partial charge in [0.15, 0.2) is 0 Å². The van der Waals surface area contributed by atoms with E-state index in [0.29, 0.717) is 12.5 Å². The number of carbonyl (C=O) groups excluding carboxylic acids is 1. The van der Waals surface area contributed by atoms with Crippen LogP contribution < -0.4 is 10.6 Å². The van der Waals surface area contributed by atoms with Gasteiger partial charge in [0.05, 0.1) is 19.1 Å². The largest absolute Gasteiger partial charge is 0.375 e. The van der Waals surface area contributed by atoms with E-state index in [0.717, 1.165) is 25.6 Å². The van der Waals surface area contributed by atoms with E-state index in [2.05, 4.69) is 17.6 Å². The average molecular weight is 226 g/mol. The summed E-state index contributed by atoms with van der Waals surface area (Å²) in [5.74, 6) is 0.886. The minimum absolute atomic E-state index is 0.0668. The molecule has 3 atom stereocenters. The molecular weight excluding hydrogens is 204 g/mol. The molecule has 0 aromatic rings. The Balaban J connectivity index is 1.61. The first-order chi connectivity index (χ1) is 7.79. The van der Waals surface area contributed by atoms with Crippen LogP contribution in [0.2, 0.25) is 0 Å². The number of nitrogens with one attached hydrogen (secondary N) is 2. The van der Waals surface area contributed by atoms with Gasteiger partial charge in [0, 0.05) is 19.1 Å². The Kier molecular flexibility index (Phi) is 4.18. The highest BCUT2D eigenvalue weighted by molar-refractivity contribution is 5.77. The Morgan fingerprint density at radius 1 is 1.56 bits per heavy atom. The normalized spacial score (nSPS) is 33.4. The van der Waals surface area contributed by atoms with Crippen molar-refractivity contribution in [3.63, 3.8) is 0 Å². The van der Waals surface area contributed by atoms with Crippen molar-refractivity contribution in [2.75, 3.05) is 19.7 Å². The van der Waals surface area contributed by atoms with Gasteiger partial charge in [-0.05, 0) is 18.8 Å². The van der Waals surface area contributed by atoms with E-state index < -0.39 is 0 Å². The molecule has 4 nitrogen and oxygen atoms in total. The second-order valence-electron chi connectivity index (χ2n) is 4.86. The highest BCUT2D eigenvalue weighted by atomic mass is 16.5. The molecule has 0 radical (unpaired) electrons. The molecule has 16 heavy (non-hydrogen) atoms. The molecule has 0 bridgehead atoms. The standard InChI is InChI=1S/C12H22N2O2/c1-2-3-9-6-11(9)14-12(15)7-10-8-13-4-5-16-10/h9-11,13H,2-8H2,1H3,(H,14,15). The maximum Gasteiger partial charge on any atom is 0.222 e. The smallest absolute Gasteiger partial charge is 0.222 e. The van der Waals surface area contributed by atoms with Gasteiger partial charge in [-0.15, -0.1) is 0 Å². The predicted octanol–water partition coefficient (Wildman–Crippen LogP) is 0.670. The van der Waals surface area contributed by atoms with Gasteiger partial charge in [0.1, 0.15) is 0 Å². The molecule has 1 saturated heterocycles. The summed E-state index contributed by atoms with van der Waals surface area (Å²) in [5.41, 5.74) is 0. The molecule has 92 valence electrons. The fraction of sp³-hybridized carbons (Fsp3) is 0.917. The Morgan fingerprint density at radius 3 is 3.12 bits per heavy atom. The monoisotopic (exact) mass is 226 g/mol. The molecule has 2 rings (SSSR count). The fourth-order valence-electron chi connectivity index (χ4n) is 2.34. The van der Waals surface area contributed by atoms with Gasteiger partial charge in [-0.25, -0.2) is 0 Å². The van der Waals surface area contributed by atoms with Crippen LogP contribution in [-0.2, 0) is 9.53 Å². The zero-order chi connectivity index (χ0) is 11.4. The van der Waals surface area contributed by atoms with Crippen LogP contribution in [0.3, 0.4) is 0 Å². The van der Waals surface area contributed by atoms with Crippen LogP contribution in [-0.4, -0.2) is 37.7 Å². The topological polar surface area (TPSA) is 50.4 Å². The van der Waals surface area contributed by atoms with Gasteiger partial charge < -0.3 is 15.4 Å². The molecule has 2 aliphatic rings. The first-order valence-electron chi connectivity index (χ1n) is 6.41. The van der Waals surface area contributed by atoms with Crippen LogP contribution in [0, 0.1) is 5.92 Å². The number of amides is 1. The minimum atomic E-state index is 0.0668. The molecule has 2 N–H and O–H groups in total. The third-order valence-electron chi connectivity index (χ3n) is 3.35. The van der Waals surface area contributed by atoms with Crippen LogP contribution in [0.4, 0.5) is 0 Å². The number of ether oxygens (including phenoxy) is 1. The summed E-state index contributed by atoms with van der Waals surface area (Å²) in [4.78, 5) is 11.7. The van der Waals surface area contributed by atoms with Crippen molar-refractivity contribution in [1.29, 1.82) is 0 Å². The van der Waals surface area contributed by atoms with E-state index in [-0.39, 0.29) is 12.0 Å². The molecule has 2 fully saturated rings. The van der Waals surface area contributed by atoms with E-state index in [1.165, 1.54) is 19.3 Å². The summed E-state index contributed by atoms with van der Waals surface area (Å²) < 4.78 is 5.50. The van der Waals surface area contributed by atoms with Crippen LogP contribution in [0.5, 0.6) is 0 Å². The molecule has 1 heterocycles. The van der Waals surface area contributed by atoms with E-state index in [1.54, 1.807) is 0 Å². The van der Waals surface area contributed by atoms with Crippen molar-refractivity contribution in [2.45, 2.75) is 44.8 Å². The zero-order valence-electron chi connectivity index (χ0n) is 10.00. The lowest BCUT2D eigenvalue weighted by Crippen LogP contribution is -2.41. The molecule has 0 spiro atoms. The first kappa shape index (κ1) is 11.9. The Morgan fingerprint density at radius 2 is 2.44 bits per heavy atom. The second kappa shape index (κ2) is 5.64. The molecule has 0 aromatic carbocycles. The number of hydrogen-bond donors (Lipinski definition) is 2. The second-order valence-corrected chi connectivity index (χ2v) is 4.86. The lowest BCUT2D eigenvalue weighted by atomic mass is 10.2. The van der Waals surface area contributed by atoms with E-state index >= 15 is 0 Å². The van der Waals surface area contributed by atoms with E-state index in [4.69, 9.17) is 4.74 Å². The molecular formula is C12H22N2O2. The van der Waals surface area contributed by atoms with Gasteiger partial charge in [0.2, 0.25) is 5.91 Å². The maximum atomic E-state index is 11.7. The Bertz CT molecular complexity index is 239. The van der Waals surface area contributed by atoms with Gasteiger partial charge in [-0.1, -0.05) is 13.3 Å². The lowest BCUT2D eigenvalue weighted by Gasteiger charge is -2.23. The van der Waals surface area contributed by atoms with E-state index in [1.807, 2.05) is 0 Å². The van der Waals surface area contributed by atoms with Crippen LogP contribution in [0.15, 0.2) is 0 Å². The SMILES string of the molecule is CCCC1CC1NC(=O)CC1CNCCO1. The quantitative estimate of drug-likeness (QED) is 0.724. The van der Waals surface area contributed by atoms with Crippen molar-refractivity contribution >= 4 is 5.91 Å². The molecule has 1 saturated carbocycles. The number of rotatable bonds is 5. The van der Waals surface area contributed by atoms with Gasteiger partial charge in [-0.2, -0.15) is 0 Å². The molecule has 1 aliphatic carbocycles. The van der Waals surface area contributed by atoms with Crippen LogP contribution >= 0.6 is 0 Å². The summed E-state index contributed by atoms with van der Waals surface area (Å²) in [6.45, 7) is 4.62. The third-order valence-corrected chi connectivity index (χ3v) is 3.35. The van der Waals surface area contributed by atoms with Gasteiger partial charge in [-0.3, -0.25) is 4.79 Å². The van der Waals surface area contributed by atoms with Crippen molar-refractivity contribution in [1.82, 2.24) is 10.6 Å². The third kappa shape index (κ3) is 3.46. The summed E-state index contributed by atoms with van der Waals surface area (Å²) >= 11 is 0. The summed E-state index contributed by atoms with van der Waals surface area (Å²) in [6, 6.07) is 0.448. The van der Waals surface area contributed by atoms with Crippen molar-refractivity contribution in [3.8, 4) is 0 Å². The first-order valence-corrected chi connectivity index (χ1v) is 6.41. The maximum absolute atomic E-state index is 11.7. The van der Waals surface area contributed by atoms with Crippen molar-refractivity contribution in [2.24, 2.45) is 5.92 Å². The molecule has 0 aromatic heterocycles. The van der Waals surface area contributed by atoms with Crippen molar-refractivity contribution < 1.29 is 9.53 Å². The van der Waals surface area contributed by atoms with Crippen LogP contribution in [0.25, 0.3) is 0 Å². The Hall–Kier alpha value is -0.610. The molecule has 1 amide bonds. The lowest BCUT2D eigenvalue weighted by molar-refractivity contribution is -0.124. The Labute approximate surface area is 97.1 Å². The highest BCUT2D eigenvalue weighted by Crippen LogP contribution is 2.34. The fourth-order valence-corrected chi connectivity index (χ4v) is 2.34. The van der Waals surface area contributed by atoms with E-state index in [9.17, 15) is 4.79 Å². The summed E-state index contributed by atoms with van der Waals surface area (Å²) in [6.07, 6.45) is 4.20. The number of hydrogen-bond acceptors (Lipinski definition) is 3. The highest BCUT2D eigenvalue weighted by Gasteiger charge is 2.37. The average Bonchev–Trinajstić information content (AvgIpc) is 2.98. The van der Waals surface area contributed by atoms with Crippen LogP contribution in [0.1, 0.15) is 32.6 Å². The minimum Gasteiger partial charge on any atom is -0.375 e. The van der Waals surface area contributed by atoms with Crippen molar-refractivity contribution in [3.05, 3.63) is 0 Å². The summed E-state index contributed by atoms with van der Waals surface area (Å²) in [7, 11) is 0. The predicted molar refractivity (Wildman–Crippen MR) is 62.2 cm³/mol. The zero-order valence-corrected chi connectivity index (χ0v) is 10.00. The number of carbonyl (C=O) groups is 1. The summed E-state index contributed by atoms with van der Waals surface area (Å²) in [5, 5.41) is 6.32.